The fourth-order valence-corrected chi connectivity index (χ4v) is 4.36. The van der Waals surface area contributed by atoms with Crippen LogP contribution in [0.4, 0.5) is 4.39 Å². The number of benzene rings is 1. The van der Waals surface area contributed by atoms with Gasteiger partial charge in [0.15, 0.2) is 0 Å². The lowest BCUT2D eigenvalue weighted by Crippen LogP contribution is -2.48. The van der Waals surface area contributed by atoms with Crippen molar-refractivity contribution in [3.8, 4) is 6.07 Å². The van der Waals surface area contributed by atoms with Crippen LogP contribution in [0.3, 0.4) is 0 Å². The van der Waals surface area contributed by atoms with E-state index in [0.29, 0.717) is 13.1 Å². The third-order valence-corrected chi connectivity index (χ3v) is 5.83. The Morgan fingerprint density at radius 1 is 1.38 bits per heavy atom. The fraction of sp³-hybridized carbons (Fsp3) is 0.250. The van der Waals surface area contributed by atoms with Crippen molar-refractivity contribution in [1.29, 1.82) is 5.26 Å². The van der Waals surface area contributed by atoms with Crippen molar-refractivity contribution in [3.63, 3.8) is 0 Å². The molecule has 1 saturated heterocycles. The minimum absolute atomic E-state index is 0.0868. The normalized spacial score (nSPS) is 18.9. The van der Waals surface area contributed by atoms with Gasteiger partial charge in [0.2, 0.25) is 10.0 Å². The molecule has 1 aliphatic rings. The van der Waals surface area contributed by atoms with E-state index in [2.05, 4.69) is 10.3 Å². The van der Waals surface area contributed by atoms with Gasteiger partial charge in [-0.3, -0.25) is 4.98 Å². The first-order chi connectivity index (χ1) is 11.5. The predicted molar refractivity (Wildman–Crippen MR) is 84.9 cm³/mol. The highest BCUT2D eigenvalue weighted by molar-refractivity contribution is 7.89. The summed E-state index contributed by atoms with van der Waals surface area (Å²) in [5.41, 5.74) is 0.486. The number of hydrogen-bond acceptors (Lipinski definition) is 5. The quantitative estimate of drug-likeness (QED) is 0.908. The molecular formula is C16H15FN4O2S. The first kappa shape index (κ1) is 16.5. The molecule has 1 fully saturated rings. The SMILES string of the molecule is N#Cc1cc(S(=O)(=O)N2CCNCC2c2cccnc2)ccc1F. The molecule has 3 rings (SSSR count). The molecule has 1 atom stereocenters. The second kappa shape index (κ2) is 6.65. The van der Waals surface area contributed by atoms with Gasteiger partial charge in [-0.25, -0.2) is 12.8 Å². The molecule has 1 N–H and O–H groups in total. The second-order valence-corrected chi connectivity index (χ2v) is 7.27. The van der Waals surface area contributed by atoms with E-state index in [1.165, 1.54) is 10.4 Å². The Morgan fingerprint density at radius 3 is 2.92 bits per heavy atom. The number of rotatable bonds is 3. The van der Waals surface area contributed by atoms with Gasteiger partial charge in [0.25, 0.3) is 0 Å². The van der Waals surface area contributed by atoms with Crippen molar-refractivity contribution >= 4 is 10.0 Å². The molecule has 1 aromatic carbocycles. The van der Waals surface area contributed by atoms with Crippen LogP contribution in [0, 0.1) is 17.1 Å². The molecule has 1 aromatic heterocycles. The van der Waals surface area contributed by atoms with Gasteiger partial charge in [0.05, 0.1) is 16.5 Å². The Labute approximate surface area is 139 Å². The number of nitrogens with zero attached hydrogens (tertiary/aromatic N) is 3. The van der Waals surface area contributed by atoms with E-state index < -0.39 is 21.9 Å². The van der Waals surface area contributed by atoms with Gasteiger partial charge in [-0.2, -0.15) is 9.57 Å². The van der Waals surface area contributed by atoms with Crippen molar-refractivity contribution in [2.24, 2.45) is 0 Å². The van der Waals surface area contributed by atoms with Crippen molar-refractivity contribution in [2.75, 3.05) is 19.6 Å². The predicted octanol–water partition coefficient (Wildman–Crippen LogP) is 1.43. The van der Waals surface area contributed by atoms with Crippen LogP contribution in [0.2, 0.25) is 0 Å². The first-order valence-electron chi connectivity index (χ1n) is 7.36. The van der Waals surface area contributed by atoms with Gasteiger partial charge >= 0.3 is 0 Å². The molecule has 0 aliphatic carbocycles. The monoisotopic (exact) mass is 346 g/mol. The molecule has 0 saturated carbocycles. The van der Waals surface area contributed by atoms with Crippen LogP contribution in [-0.2, 0) is 10.0 Å². The number of aromatic nitrogens is 1. The Balaban J connectivity index is 2.02. The molecule has 8 heteroatoms. The summed E-state index contributed by atoms with van der Waals surface area (Å²) in [6.45, 7) is 1.25. The summed E-state index contributed by atoms with van der Waals surface area (Å²) in [4.78, 5) is 3.96. The molecule has 1 aliphatic heterocycles. The Kier molecular flexibility index (Phi) is 4.57. The number of hydrogen-bond donors (Lipinski definition) is 1. The summed E-state index contributed by atoms with van der Waals surface area (Å²) in [5.74, 6) is -0.736. The minimum atomic E-state index is -3.86. The van der Waals surface area contributed by atoms with Crippen molar-refractivity contribution in [2.45, 2.75) is 10.9 Å². The molecule has 2 heterocycles. The summed E-state index contributed by atoms with van der Waals surface area (Å²) in [7, 11) is -3.86. The van der Waals surface area contributed by atoms with Crippen LogP contribution in [-0.4, -0.2) is 37.3 Å². The molecule has 1 unspecified atom stereocenters. The third kappa shape index (κ3) is 3.01. The van der Waals surface area contributed by atoms with Crippen LogP contribution in [0.5, 0.6) is 0 Å². The fourth-order valence-electron chi connectivity index (χ4n) is 2.72. The van der Waals surface area contributed by atoms with Crippen LogP contribution in [0.25, 0.3) is 0 Å². The highest BCUT2D eigenvalue weighted by atomic mass is 32.2. The number of nitrogens with one attached hydrogen (secondary N) is 1. The van der Waals surface area contributed by atoms with E-state index >= 15 is 0 Å². The van der Waals surface area contributed by atoms with Crippen LogP contribution < -0.4 is 5.32 Å². The molecule has 0 radical (unpaired) electrons. The molecule has 0 bridgehead atoms. The average molecular weight is 346 g/mol. The molecule has 124 valence electrons. The van der Waals surface area contributed by atoms with Crippen LogP contribution >= 0.6 is 0 Å². The summed E-state index contributed by atoms with van der Waals surface area (Å²) in [6.07, 6.45) is 3.25. The summed E-state index contributed by atoms with van der Waals surface area (Å²) >= 11 is 0. The summed E-state index contributed by atoms with van der Waals surface area (Å²) < 4.78 is 40.9. The van der Waals surface area contributed by atoms with Crippen molar-refractivity contribution in [1.82, 2.24) is 14.6 Å². The standard InChI is InChI=1S/C16H15FN4O2S/c17-15-4-3-14(8-13(15)9-18)24(22,23)21-7-6-20-11-16(21)12-2-1-5-19-10-12/h1-5,8,10,16,20H,6-7,11H2. The highest BCUT2D eigenvalue weighted by Gasteiger charge is 2.34. The van der Waals surface area contributed by atoms with E-state index in [1.54, 1.807) is 24.5 Å². The Bertz CT molecular complexity index is 881. The Hall–Kier alpha value is -2.34. The number of nitriles is 1. The lowest BCUT2D eigenvalue weighted by atomic mass is 10.1. The highest BCUT2D eigenvalue weighted by Crippen LogP contribution is 2.29. The zero-order chi connectivity index (χ0) is 17.2. The summed E-state index contributed by atoms with van der Waals surface area (Å²) in [6, 6.07) is 8.10. The van der Waals surface area contributed by atoms with E-state index in [0.717, 1.165) is 17.7 Å². The zero-order valence-corrected chi connectivity index (χ0v) is 13.5. The van der Waals surface area contributed by atoms with E-state index in [9.17, 15) is 12.8 Å². The minimum Gasteiger partial charge on any atom is -0.313 e. The van der Waals surface area contributed by atoms with Gasteiger partial charge < -0.3 is 5.32 Å². The van der Waals surface area contributed by atoms with E-state index in [-0.39, 0.29) is 17.0 Å². The van der Waals surface area contributed by atoms with Crippen molar-refractivity contribution < 1.29 is 12.8 Å². The number of sulfonamides is 1. The molecule has 0 amide bonds. The number of halogens is 1. The molecule has 0 spiro atoms. The van der Waals surface area contributed by atoms with Crippen molar-refractivity contribution in [3.05, 3.63) is 59.7 Å². The average Bonchev–Trinajstić information content (AvgIpc) is 2.62. The second-order valence-electron chi connectivity index (χ2n) is 5.38. The van der Waals surface area contributed by atoms with Gasteiger partial charge in [0.1, 0.15) is 11.9 Å². The van der Waals surface area contributed by atoms with Gasteiger partial charge in [0, 0.05) is 32.0 Å². The van der Waals surface area contributed by atoms with Crippen LogP contribution in [0.15, 0.2) is 47.6 Å². The zero-order valence-electron chi connectivity index (χ0n) is 12.7. The third-order valence-electron chi connectivity index (χ3n) is 3.93. The van der Waals surface area contributed by atoms with Gasteiger partial charge in [-0.05, 0) is 29.8 Å². The maximum atomic E-state index is 13.5. The Morgan fingerprint density at radius 2 is 2.21 bits per heavy atom. The molecule has 24 heavy (non-hydrogen) atoms. The maximum Gasteiger partial charge on any atom is 0.243 e. The molecular weight excluding hydrogens is 331 g/mol. The molecule has 6 nitrogen and oxygen atoms in total. The summed E-state index contributed by atoms with van der Waals surface area (Å²) in [5, 5.41) is 12.1. The van der Waals surface area contributed by atoms with Crippen LogP contribution in [0.1, 0.15) is 17.2 Å². The first-order valence-corrected chi connectivity index (χ1v) is 8.80. The number of pyridine rings is 1. The maximum absolute atomic E-state index is 13.5. The lowest BCUT2D eigenvalue weighted by Gasteiger charge is -2.35. The van der Waals surface area contributed by atoms with Gasteiger partial charge in [-0.15, -0.1) is 0 Å². The van der Waals surface area contributed by atoms with E-state index in [4.69, 9.17) is 5.26 Å². The van der Waals surface area contributed by atoms with E-state index in [1.807, 2.05) is 6.07 Å². The smallest absolute Gasteiger partial charge is 0.243 e. The molecule has 2 aromatic rings. The largest absolute Gasteiger partial charge is 0.313 e. The number of piperazine rings is 1. The van der Waals surface area contributed by atoms with Gasteiger partial charge in [-0.1, -0.05) is 6.07 Å². The lowest BCUT2D eigenvalue weighted by molar-refractivity contribution is 0.271. The topological polar surface area (TPSA) is 86.1 Å².